The van der Waals surface area contributed by atoms with Crippen LogP contribution < -0.4 is 0 Å². The van der Waals surface area contributed by atoms with E-state index in [0.717, 1.165) is 30.1 Å². The molecule has 0 aromatic heterocycles. The molecule has 0 N–H and O–H groups in total. The van der Waals surface area contributed by atoms with Crippen molar-refractivity contribution in [3.63, 3.8) is 0 Å². The summed E-state index contributed by atoms with van der Waals surface area (Å²) in [5.41, 5.74) is 1.84. The van der Waals surface area contributed by atoms with Gasteiger partial charge in [0, 0.05) is 20.1 Å². The maximum atomic E-state index is 5.30. The normalized spacial score (nSPS) is 10.6. The van der Waals surface area contributed by atoms with E-state index in [4.69, 9.17) is 4.74 Å². The minimum absolute atomic E-state index is 0.772. The molecule has 0 bridgehead atoms. The molecule has 3 heteroatoms. The van der Waals surface area contributed by atoms with Gasteiger partial charge >= 0.3 is 0 Å². The molecular weight excluding hydrogens is 224 g/mol. The number of hydrogen-bond acceptors (Lipinski definition) is 3. The van der Waals surface area contributed by atoms with Crippen LogP contribution >= 0.6 is 0 Å². The van der Waals surface area contributed by atoms with Gasteiger partial charge in [-0.3, -0.25) is 0 Å². The van der Waals surface area contributed by atoms with Crippen LogP contribution in [-0.4, -0.2) is 51.1 Å². The number of allylic oxidation sites excluding steroid dienone is 2. The fraction of sp³-hybridized carbons (Fsp3) is 0.600. The van der Waals surface area contributed by atoms with Crippen molar-refractivity contribution in [2.24, 2.45) is 0 Å². The van der Waals surface area contributed by atoms with Crippen LogP contribution in [0.3, 0.4) is 0 Å². The molecule has 0 rings (SSSR count). The van der Waals surface area contributed by atoms with E-state index < -0.39 is 0 Å². The maximum Gasteiger partial charge on any atom is 0.141 e. The highest BCUT2D eigenvalue weighted by Crippen LogP contribution is 2.14. The molecule has 106 valence electrons. The topological polar surface area (TPSA) is 15.7 Å². The minimum atomic E-state index is 0.772. The number of nitrogens with zero attached hydrogens (tertiary/aromatic N) is 2. The molecule has 0 aliphatic rings. The molecule has 0 fully saturated rings. The highest BCUT2D eigenvalue weighted by atomic mass is 16.5. The van der Waals surface area contributed by atoms with Crippen LogP contribution in [0.5, 0.6) is 0 Å². The third kappa shape index (κ3) is 8.88. The second kappa shape index (κ2) is 10.9. The number of likely N-dealkylation sites (N-methyl/N-ethyl adjacent to an activating group) is 2. The lowest BCUT2D eigenvalue weighted by Crippen LogP contribution is -2.28. The number of hydrogen-bond donors (Lipinski definition) is 0. The summed E-state index contributed by atoms with van der Waals surface area (Å²) in [5, 5.41) is 0. The number of methoxy groups -OCH3 is 1. The van der Waals surface area contributed by atoms with Gasteiger partial charge in [-0.05, 0) is 27.1 Å². The minimum Gasteiger partial charge on any atom is -0.495 e. The first-order chi connectivity index (χ1) is 8.38. The fourth-order valence-corrected chi connectivity index (χ4v) is 1.16. The van der Waals surface area contributed by atoms with Crippen LogP contribution in [0.25, 0.3) is 0 Å². The van der Waals surface area contributed by atoms with Gasteiger partial charge < -0.3 is 14.5 Å². The summed E-state index contributed by atoms with van der Waals surface area (Å²) >= 11 is 0. The van der Waals surface area contributed by atoms with E-state index in [9.17, 15) is 0 Å². The Morgan fingerprint density at radius 3 is 1.94 bits per heavy atom. The average molecular weight is 254 g/mol. The second-order valence-corrected chi connectivity index (χ2v) is 4.23. The zero-order valence-electron chi connectivity index (χ0n) is 13.2. The highest BCUT2D eigenvalue weighted by molar-refractivity contribution is 5.28. The lowest BCUT2D eigenvalue weighted by molar-refractivity contribution is 0.260. The van der Waals surface area contributed by atoms with E-state index in [1.807, 2.05) is 33.9 Å². The van der Waals surface area contributed by atoms with Crippen LogP contribution in [0.1, 0.15) is 20.8 Å². The first kappa shape index (κ1) is 19.1. The van der Waals surface area contributed by atoms with Gasteiger partial charge in [0.25, 0.3) is 0 Å². The molecule has 0 aliphatic carbocycles. The first-order valence-corrected chi connectivity index (χ1v) is 6.34. The summed E-state index contributed by atoms with van der Waals surface area (Å²) in [6.07, 6.45) is 1.90. The Morgan fingerprint density at radius 2 is 1.61 bits per heavy atom. The Kier molecular flexibility index (Phi) is 11.6. The van der Waals surface area contributed by atoms with Crippen molar-refractivity contribution < 1.29 is 4.74 Å². The van der Waals surface area contributed by atoms with E-state index in [-0.39, 0.29) is 0 Å². The van der Waals surface area contributed by atoms with E-state index in [1.54, 1.807) is 7.11 Å². The van der Waals surface area contributed by atoms with E-state index in [2.05, 4.69) is 37.1 Å². The summed E-state index contributed by atoms with van der Waals surface area (Å²) in [4.78, 5) is 4.22. The Labute approximate surface area is 113 Å². The SMILES string of the molecule is C=C(C)/C=C(/OC)C(=C)N(C)CCN(C)C.CC. The zero-order valence-corrected chi connectivity index (χ0v) is 13.2. The van der Waals surface area contributed by atoms with Gasteiger partial charge in [-0.15, -0.1) is 0 Å². The van der Waals surface area contributed by atoms with Gasteiger partial charge in [-0.2, -0.15) is 0 Å². The molecule has 18 heavy (non-hydrogen) atoms. The zero-order chi connectivity index (χ0) is 14.7. The molecule has 0 radical (unpaired) electrons. The quantitative estimate of drug-likeness (QED) is 0.513. The average Bonchev–Trinajstić information content (AvgIpc) is 2.34. The van der Waals surface area contributed by atoms with Crippen LogP contribution in [-0.2, 0) is 4.74 Å². The third-order valence-corrected chi connectivity index (χ3v) is 2.23. The standard InChI is InChI=1S/C13H24N2O.C2H6/c1-11(2)10-13(16-7)12(3)15(6)9-8-14(4)5;1-2/h10H,1,3,8-9H2,2,4-7H3;1-2H3/b13-10+;. The fourth-order valence-electron chi connectivity index (χ4n) is 1.16. The highest BCUT2D eigenvalue weighted by Gasteiger charge is 2.08. The van der Waals surface area contributed by atoms with Crippen molar-refractivity contribution in [2.45, 2.75) is 20.8 Å². The molecule has 0 unspecified atom stereocenters. The van der Waals surface area contributed by atoms with Crippen molar-refractivity contribution in [3.05, 3.63) is 36.3 Å². The molecular formula is C15H30N2O. The van der Waals surface area contributed by atoms with Gasteiger partial charge in [0.05, 0.1) is 12.8 Å². The summed E-state index contributed by atoms with van der Waals surface area (Å²) in [7, 11) is 7.77. The summed E-state index contributed by atoms with van der Waals surface area (Å²) in [6, 6.07) is 0. The molecule has 0 heterocycles. The molecule has 0 aliphatic heterocycles. The van der Waals surface area contributed by atoms with Crippen molar-refractivity contribution in [1.82, 2.24) is 9.80 Å². The van der Waals surface area contributed by atoms with E-state index in [1.165, 1.54) is 0 Å². The van der Waals surface area contributed by atoms with Crippen LogP contribution in [0.15, 0.2) is 36.3 Å². The Bertz CT molecular complexity index is 280. The summed E-state index contributed by atoms with van der Waals surface area (Å²) in [6.45, 7) is 15.7. The largest absolute Gasteiger partial charge is 0.495 e. The summed E-state index contributed by atoms with van der Waals surface area (Å²) < 4.78 is 5.30. The monoisotopic (exact) mass is 254 g/mol. The molecule has 3 nitrogen and oxygen atoms in total. The van der Waals surface area contributed by atoms with Crippen LogP contribution in [0.2, 0.25) is 0 Å². The van der Waals surface area contributed by atoms with Crippen molar-refractivity contribution in [3.8, 4) is 0 Å². The molecule has 0 atom stereocenters. The Morgan fingerprint density at radius 1 is 1.11 bits per heavy atom. The van der Waals surface area contributed by atoms with Gasteiger partial charge in [0.15, 0.2) is 0 Å². The molecule has 0 aromatic rings. The van der Waals surface area contributed by atoms with E-state index in [0.29, 0.717) is 0 Å². The van der Waals surface area contributed by atoms with Crippen molar-refractivity contribution in [1.29, 1.82) is 0 Å². The molecule has 0 saturated carbocycles. The van der Waals surface area contributed by atoms with Gasteiger partial charge in [-0.25, -0.2) is 0 Å². The molecule has 0 spiro atoms. The first-order valence-electron chi connectivity index (χ1n) is 6.34. The molecule has 0 saturated heterocycles. The lowest BCUT2D eigenvalue weighted by atomic mass is 10.2. The second-order valence-electron chi connectivity index (χ2n) is 4.23. The lowest BCUT2D eigenvalue weighted by Gasteiger charge is -2.24. The van der Waals surface area contributed by atoms with Crippen LogP contribution in [0.4, 0.5) is 0 Å². The van der Waals surface area contributed by atoms with Crippen LogP contribution in [0, 0.1) is 0 Å². The molecule has 0 aromatic carbocycles. The smallest absolute Gasteiger partial charge is 0.141 e. The van der Waals surface area contributed by atoms with Gasteiger partial charge in [0.1, 0.15) is 5.76 Å². The maximum absolute atomic E-state index is 5.30. The van der Waals surface area contributed by atoms with Gasteiger partial charge in [-0.1, -0.05) is 32.6 Å². The van der Waals surface area contributed by atoms with Crippen molar-refractivity contribution >= 4 is 0 Å². The summed E-state index contributed by atoms with van der Waals surface area (Å²) in [5.74, 6) is 0.772. The van der Waals surface area contributed by atoms with E-state index >= 15 is 0 Å². The van der Waals surface area contributed by atoms with Crippen molar-refractivity contribution in [2.75, 3.05) is 41.3 Å². The Balaban J connectivity index is 0. The van der Waals surface area contributed by atoms with Gasteiger partial charge in [0.2, 0.25) is 0 Å². The Hall–Kier alpha value is -1.22. The predicted octanol–water partition coefficient (Wildman–Crippen LogP) is 3.13. The number of ether oxygens (including phenoxy) is 1. The number of rotatable bonds is 7. The predicted molar refractivity (Wildman–Crippen MR) is 81.6 cm³/mol. The molecule has 0 amide bonds. The third-order valence-electron chi connectivity index (χ3n) is 2.23.